The van der Waals surface area contributed by atoms with Crippen molar-refractivity contribution in [3.63, 3.8) is 0 Å². The summed E-state index contributed by atoms with van der Waals surface area (Å²) in [6.07, 6.45) is 3.24. The average molecular weight is 240 g/mol. The third kappa shape index (κ3) is 6.65. The summed E-state index contributed by atoms with van der Waals surface area (Å²) in [7, 11) is 1.74. The van der Waals surface area contributed by atoms with Gasteiger partial charge >= 0.3 is 0 Å². The van der Waals surface area contributed by atoms with Gasteiger partial charge in [0.25, 0.3) is 0 Å². The first-order valence-corrected chi connectivity index (χ1v) is 6.65. The Labute approximate surface area is 107 Å². The van der Waals surface area contributed by atoms with E-state index < -0.39 is 0 Å². The fraction of sp³-hybridized carbons (Fsp3) is 0.929. The lowest BCUT2D eigenvalue weighted by Crippen LogP contribution is -2.39. The first-order chi connectivity index (χ1) is 8.00. The van der Waals surface area contributed by atoms with Gasteiger partial charge in [-0.2, -0.15) is 5.26 Å². The number of nitriles is 1. The summed E-state index contributed by atoms with van der Waals surface area (Å²) < 4.78 is 5.16. The Kier molecular flexibility index (Phi) is 8.20. The Balaban J connectivity index is 4.33. The molecule has 0 aliphatic heterocycles. The van der Waals surface area contributed by atoms with E-state index in [-0.39, 0.29) is 5.41 Å². The molecule has 0 aromatic rings. The summed E-state index contributed by atoms with van der Waals surface area (Å²) in [5.74, 6) is 0. The van der Waals surface area contributed by atoms with Gasteiger partial charge in [-0.15, -0.1) is 0 Å². The van der Waals surface area contributed by atoms with E-state index >= 15 is 0 Å². The molecule has 3 heteroatoms. The third-order valence-corrected chi connectivity index (χ3v) is 3.37. The van der Waals surface area contributed by atoms with Crippen LogP contribution in [0.2, 0.25) is 0 Å². The third-order valence-electron chi connectivity index (χ3n) is 3.37. The average Bonchev–Trinajstić information content (AvgIpc) is 2.33. The molecule has 0 atom stereocenters. The van der Waals surface area contributed by atoms with Crippen LogP contribution in [0, 0.1) is 16.7 Å². The van der Waals surface area contributed by atoms with E-state index in [2.05, 4.69) is 24.8 Å². The predicted molar refractivity (Wildman–Crippen MR) is 71.8 cm³/mol. The lowest BCUT2D eigenvalue weighted by Gasteiger charge is -2.32. The van der Waals surface area contributed by atoms with E-state index in [1.54, 1.807) is 7.11 Å². The summed E-state index contributed by atoms with van der Waals surface area (Å²) >= 11 is 0. The molecule has 100 valence electrons. The fourth-order valence-corrected chi connectivity index (χ4v) is 1.97. The van der Waals surface area contributed by atoms with Gasteiger partial charge in [-0.25, -0.2) is 0 Å². The molecule has 0 aromatic heterocycles. The SMILES string of the molecule is CCC(CC)N(CCOC)CCC(C)(C)C#N. The van der Waals surface area contributed by atoms with Crippen LogP contribution in [0.15, 0.2) is 0 Å². The predicted octanol–water partition coefficient (Wildman–Crippen LogP) is 3.06. The molecule has 0 N–H and O–H groups in total. The minimum absolute atomic E-state index is 0.225. The maximum absolute atomic E-state index is 9.04. The highest BCUT2D eigenvalue weighted by Gasteiger charge is 2.21. The second-order valence-electron chi connectivity index (χ2n) is 5.24. The molecule has 0 rings (SSSR count). The van der Waals surface area contributed by atoms with Crippen LogP contribution < -0.4 is 0 Å². The smallest absolute Gasteiger partial charge is 0.0684 e. The number of rotatable bonds is 9. The lowest BCUT2D eigenvalue weighted by molar-refractivity contribution is 0.108. The molecule has 0 fully saturated rings. The Morgan fingerprint density at radius 2 is 1.82 bits per heavy atom. The molecule has 0 aliphatic carbocycles. The van der Waals surface area contributed by atoms with Crippen molar-refractivity contribution in [2.45, 2.75) is 53.0 Å². The van der Waals surface area contributed by atoms with Gasteiger partial charge in [-0.1, -0.05) is 13.8 Å². The second kappa shape index (κ2) is 8.49. The number of hydrogen-bond donors (Lipinski definition) is 0. The van der Waals surface area contributed by atoms with Crippen molar-refractivity contribution in [2.75, 3.05) is 26.8 Å². The zero-order valence-electron chi connectivity index (χ0n) is 12.1. The fourth-order valence-electron chi connectivity index (χ4n) is 1.97. The number of methoxy groups -OCH3 is 1. The molecule has 0 saturated heterocycles. The van der Waals surface area contributed by atoms with Crippen molar-refractivity contribution in [3.8, 4) is 6.07 Å². The van der Waals surface area contributed by atoms with Gasteiger partial charge in [0.15, 0.2) is 0 Å². The largest absolute Gasteiger partial charge is 0.383 e. The zero-order chi connectivity index (χ0) is 13.3. The van der Waals surface area contributed by atoms with Crippen LogP contribution >= 0.6 is 0 Å². The molecule has 0 saturated carbocycles. The molecule has 17 heavy (non-hydrogen) atoms. The summed E-state index contributed by atoms with van der Waals surface area (Å²) in [6.45, 7) is 11.2. The maximum Gasteiger partial charge on any atom is 0.0684 e. The highest BCUT2D eigenvalue weighted by molar-refractivity contribution is 4.92. The van der Waals surface area contributed by atoms with Crippen LogP contribution in [0.4, 0.5) is 0 Å². The van der Waals surface area contributed by atoms with E-state index in [0.29, 0.717) is 6.04 Å². The number of hydrogen-bond acceptors (Lipinski definition) is 3. The van der Waals surface area contributed by atoms with Gasteiger partial charge in [0.1, 0.15) is 0 Å². The molecule has 0 aliphatic rings. The Bertz CT molecular complexity index is 229. The molecule has 0 bridgehead atoms. The first kappa shape index (κ1) is 16.4. The highest BCUT2D eigenvalue weighted by Crippen LogP contribution is 2.20. The standard InChI is InChI=1S/C14H28N2O/c1-6-13(7-2)16(10-11-17-5)9-8-14(3,4)12-15/h13H,6-11H2,1-5H3. The Hall–Kier alpha value is -0.590. The van der Waals surface area contributed by atoms with Gasteiger partial charge in [-0.05, 0) is 33.1 Å². The molecule has 0 spiro atoms. The summed E-state index contributed by atoms with van der Waals surface area (Å²) in [6, 6.07) is 2.98. The highest BCUT2D eigenvalue weighted by atomic mass is 16.5. The van der Waals surface area contributed by atoms with Crippen molar-refractivity contribution in [2.24, 2.45) is 5.41 Å². The van der Waals surface area contributed by atoms with E-state index in [0.717, 1.165) is 39.0 Å². The molecular formula is C14H28N2O. The molecule has 0 amide bonds. The molecular weight excluding hydrogens is 212 g/mol. The minimum atomic E-state index is -0.225. The number of ether oxygens (including phenoxy) is 1. The monoisotopic (exact) mass is 240 g/mol. The van der Waals surface area contributed by atoms with E-state index in [4.69, 9.17) is 10.00 Å². The first-order valence-electron chi connectivity index (χ1n) is 6.65. The molecule has 3 nitrogen and oxygen atoms in total. The van der Waals surface area contributed by atoms with Crippen LogP contribution in [0.25, 0.3) is 0 Å². The Morgan fingerprint density at radius 1 is 1.24 bits per heavy atom. The molecule has 0 radical (unpaired) electrons. The van der Waals surface area contributed by atoms with Crippen LogP contribution in [0.3, 0.4) is 0 Å². The second-order valence-corrected chi connectivity index (χ2v) is 5.24. The van der Waals surface area contributed by atoms with Crippen LogP contribution in [0.5, 0.6) is 0 Å². The van der Waals surface area contributed by atoms with Crippen molar-refractivity contribution in [3.05, 3.63) is 0 Å². The maximum atomic E-state index is 9.04. The lowest BCUT2D eigenvalue weighted by atomic mass is 9.91. The van der Waals surface area contributed by atoms with Gasteiger partial charge < -0.3 is 4.74 Å². The van der Waals surface area contributed by atoms with Crippen LogP contribution in [-0.2, 0) is 4.74 Å². The topological polar surface area (TPSA) is 36.3 Å². The summed E-state index contributed by atoms with van der Waals surface area (Å²) in [5, 5.41) is 9.04. The van der Waals surface area contributed by atoms with Gasteiger partial charge in [-0.3, -0.25) is 4.90 Å². The zero-order valence-corrected chi connectivity index (χ0v) is 12.1. The van der Waals surface area contributed by atoms with Gasteiger partial charge in [0, 0.05) is 26.2 Å². The van der Waals surface area contributed by atoms with Gasteiger partial charge in [0.2, 0.25) is 0 Å². The normalized spacial score (nSPS) is 12.1. The summed E-state index contributed by atoms with van der Waals surface area (Å²) in [5.41, 5.74) is -0.225. The van der Waals surface area contributed by atoms with Crippen molar-refractivity contribution < 1.29 is 4.74 Å². The number of nitrogens with zero attached hydrogens (tertiary/aromatic N) is 2. The van der Waals surface area contributed by atoms with Crippen molar-refractivity contribution >= 4 is 0 Å². The quantitative estimate of drug-likeness (QED) is 0.621. The van der Waals surface area contributed by atoms with Gasteiger partial charge in [0.05, 0.1) is 18.1 Å². The molecule has 0 aromatic carbocycles. The molecule has 0 heterocycles. The van der Waals surface area contributed by atoms with Crippen LogP contribution in [-0.4, -0.2) is 37.7 Å². The van der Waals surface area contributed by atoms with Crippen molar-refractivity contribution in [1.82, 2.24) is 4.90 Å². The minimum Gasteiger partial charge on any atom is -0.383 e. The molecule has 0 unspecified atom stereocenters. The van der Waals surface area contributed by atoms with E-state index in [1.165, 1.54) is 0 Å². The van der Waals surface area contributed by atoms with Crippen LogP contribution in [0.1, 0.15) is 47.0 Å². The van der Waals surface area contributed by atoms with Crippen molar-refractivity contribution in [1.29, 1.82) is 5.26 Å². The Morgan fingerprint density at radius 3 is 2.24 bits per heavy atom. The summed E-state index contributed by atoms with van der Waals surface area (Å²) in [4.78, 5) is 2.46. The van der Waals surface area contributed by atoms with E-state index in [1.807, 2.05) is 13.8 Å². The van der Waals surface area contributed by atoms with E-state index in [9.17, 15) is 0 Å².